The van der Waals surface area contributed by atoms with Crippen molar-refractivity contribution in [2.45, 2.75) is 13.3 Å². The number of nitrogens with zero attached hydrogens (tertiary/aromatic N) is 5. The molecule has 0 bridgehead atoms. The summed E-state index contributed by atoms with van der Waals surface area (Å²) in [5.41, 5.74) is 8.98. The van der Waals surface area contributed by atoms with Gasteiger partial charge < -0.3 is 15.0 Å². The van der Waals surface area contributed by atoms with Gasteiger partial charge in [-0.1, -0.05) is 13.0 Å². The molecule has 2 N–H and O–H groups in total. The quantitative estimate of drug-likeness (QED) is 0.728. The maximum absolute atomic E-state index is 12.2. The number of methoxy groups -OCH3 is 1. The van der Waals surface area contributed by atoms with E-state index < -0.39 is 5.97 Å². The lowest BCUT2D eigenvalue weighted by atomic mass is 10.1. The maximum atomic E-state index is 12.2. The molecule has 3 aromatic rings. The van der Waals surface area contributed by atoms with Gasteiger partial charge in [0.2, 0.25) is 0 Å². The third-order valence-corrected chi connectivity index (χ3v) is 3.97. The van der Waals surface area contributed by atoms with Crippen LogP contribution in [-0.2, 0) is 11.2 Å². The van der Waals surface area contributed by atoms with Gasteiger partial charge in [0, 0.05) is 6.20 Å². The Bertz CT molecular complexity index is 966. The van der Waals surface area contributed by atoms with Crippen LogP contribution in [0, 0.1) is 11.3 Å². The van der Waals surface area contributed by atoms with Gasteiger partial charge in [-0.25, -0.2) is 4.79 Å². The monoisotopic (exact) mass is 336 g/mol. The van der Waals surface area contributed by atoms with Gasteiger partial charge in [0.05, 0.1) is 29.7 Å². The molecule has 0 aliphatic heterocycles. The molecule has 8 heteroatoms. The fourth-order valence-corrected chi connectivity index (χ4v) is 2.67. The van der Waals surface area contributed by atoms with Crippen LogP contribution in [0.4, 0.5) is 5.69 Å². The maximum Gasteiger partial charge on any atom is 0.357 e. The molecule has 0 amide bonds. The number of nitriles is 1. The van der Waals surface area contributed by atoms with Crippen molar-refractivity contribution in [3.63, 3.8) is 0 Å². The molecule has 0 atom stereocenters. The highest BCUT2D eigenvalue weighted by molar-refractivity contribution is 5.96. The van der Waals surface area contributed by atoms with E-state index in [1.165, 1.54) is 7.11 Å². The summed E-state index contributed by atoms with van der Waals surface area (Å²) in [7, 11) is 1.28. The molecule has 1 aromatic carbocycles. The molecular weight excluding hydrogens is 320 g/mol. The lowest BCUT2D eigenvalue weighted by Gasteiger charge is -2.14. The Morgan fingerprint density at radius 1 is 1.36 bits per heavy atom. The Kier molecular flexibility index (Phi) is 4.22. The largest absolute Gasteiger partial charge is 0.464 e. The van der Waals surface area contributed by atoms with Crippen LogP contribution in [0.15, 0.2) is 37.1 Å². The summed E-state index contributed by atoms with van der Waals surface area (Å²) in [5.74, 6) is -0.601. The Hall–Kier alpha value is -3.60. The molecule has 0 aliphatic rings. The first-order valence-electron chi connectivity index (χ1n) is 7.58. The molecule has 0 aliphatic carbocycles. The average molecular weight is 336 g/mol. The molecule has 0 spiro atoms. The molecule has 0 radical (unpaired) electrons. The van der Waals surface area contributed by atoms with Crippen LogP contribution in [-0.4, -0.2) is 32.4 Å². The summed E-state index contributed by atoms with van der Waals surface area (Å²) in [4.78, 5) is 12.2. The summed E-state index contributed by atoms with van der Waals surface area (Å²) < 4.78 is 8.19. The number of nitrogens with two attached hydrogens (primary N) is 1. The first-order chi connectivity index (χ1) is 12.1. The summed E-state index contributed by atoms with van der Waals surface area (Å²) in [6.07, 6.45) is 5.44. The molecule has 25 heavy (non-hydrogen) atoms. The van der Waals surface area contributed by atoms with Crippen LogP contribution in [0.1, 0.15) is 28.5 Å². The number of ether oxygens (including phenoxy) is 1. The topological polar surface area (TPSA) is 112 Å². The number of anilines is 1. The SMILES string of the molecule is CCc1ccc(-n2cnnc2)cc1-n1cc(C#N)c(N)c1C(=O)OC. The van der Waals surface area contributed by atoms with Gasteiger partial charge in [-0.05, 0) is 24.1 Å². The van der Waals surface area contributed by atoms with Crippen LogP contribution in [0.25, 0.3) is 11.4 Å². The Balaban J connectivity index is 2.27. The van der Waals surface area contributed by atoms with Gasteiger partial charge in [0.1, 0.15) is 18.7 Å². The number of esters is 1. The normalized spacial score (nSPS) is 10.4. The summed E-state index contributed by atoms with van der Waals surface area (Å²) in [6.45, 7) is 2.01. The van der Waals surface area contributed by atoms with Crippen LogP contribution in [0.2, 0.25) is 0 Å². The molecule has 126 valence electrons. The summed E-state index contributed by atoms with van der Waals surface area (Å²) in [5, 5.41) is 16.9. The zero-order valence-corrected chi connectivity index (χ0v) is 13.8. The molecule has 2 heterocycles. The lowest BCUT2D eigenvalue weighted by molar-refractivity contribution is 0.0593. The number of hydrogen-bond donors (Lipinski definition) is 1. The van der Waals surface area contributed by atoms with Gasteiger partial charge in [-0.3, -0.25) is 4.57 Å². The Morgan fingerprint density at radius 2 is 2.08 bits per heavy atom. The molecule has 8 nitrogen and oxygen atoms in total. The van der Waals surface area contributed by atoms with Gasteiger partial charge in [0.15, 0.2) is 5.69 Å². The highest BCUT2D eigenvalue weighted by Crippen LogP contribution is 2.28. The highest BCUT2D eigenvalue weighted by atomic mass is 16.5. The zero-order valence-electron chi connectivity index (χ0n) is 13.8. The van der Waals surface area contributed by atoms with Gasteiger partial charge in [-0.2, -0.15) is 5.26 Å². The van der Waals surface area contributed by atoms with Crippen LogP contribution < -0.4 is 5.73 Å². The van der Waals surface area contributed by atoms with Crippen molar-refractivity contribution in [2.75, 3.05) is 12.8 Å². The number of aromatic nitrogens is 4. The molecule has 0 saturated heterocycles. The average Bonchev–Trinajstić information content (AvgIpc) is 3.28. The molecule has 0 fully saturated rings. The fraction of sp³-hybridized carbons (Fsp3) is 0.176. The second-order valence-corrected chi connectivity index (χ2v) is 5.31. The van der Waals surface area contributed by atoms with Crippen molar-refractivity contribution in [1.29, 1.82) is 5.26 Å². The molecule has 3 rings (SSSR count). The Morgan fingerprint density at radius 3 is 2.68 bits per heavy atom. The second kappa shape index (κ2) is 6.49. The first kappa shape index (κ1) is 16.3. The standard InChI is InChI=1S/C17H16N6O2/c1-3-11-4-5-13(22-9-20-21-10-22)6-14(11)23-8-12(7-18)15(19)16(23)17(24)25-2/h4-6,8-10H,3,19H2,1-2H3. The molecular formula is C17H16N6O2. The van der Waals surface area contributed by atoms with E-state index in [1.807, 2.05) is 31.2 Å². The first-order valence-corrected chi connectivity index (χ1v) is 7.58. The minimum atomic E-state index is -0.601. The van der Waals surface area contributed by atoms with E-state index in [2.05, 4.69) is 10.2 Å². The fourth-order valence-electron chi connectivity index (χ4n) is 2.67. The van der Waals surface area contributed by atoms with E-state index in [0.717, 1.165) is 23.4 Å². The minimum Gasteiger partial charge on any atom is -0.464 e. The van der Waals surface area contributed by atoms with Crippen molar-refractivity contribution in [2.24, 2.45) is 0 Å². The highest BCUT2D eigenvalue weighted by Gasteiger charge is 2.23. The van der Waals surface area contributed by atoms with Crippen molar-refractivity contribution in [3.8, 4) is 17.4 Å². The summed E-state index contributed by atoms with van der Waals surface area (Å²) >= 11 is 0. The van der Waals surface area contributed by atoms with Gasteiger partial charge >= 0.3 is 5.97 Å². The minimum absolute atomic E-state index is 0.103. The van der Waals surface area contributed by atoms with Crippen molar-refractivity contribution in [1.82, 2.24) is 19.3 Å². The third kappa shape index (κ3) is 2.72. The second-order valence-electron chi connectivity index (χ2n) is 5.31. The number of rotatable bonds is 4. The van der Waals surface area contributed by atoms with E-state index in [4.69, 9.17) is 10.5 Å². The number of carbonyl (C=O) groups is 1. The summed E-state index contributed by atoms with van der Waals surface area (Å²) in [6, 6.07) is 7.77. The van der Waals surface area contributed by atoms with Crippen LogP contribution in [0.3, 0.4) is 0 Å². The van der Waals surface area contributed by atoms with E-state index in [0.29, 0.717) is 0 Å². The smallest absolute Gasteiger partial charge is 0.357 e. The molecule has 0 unspecified atom stereocenters. The predicted octanol–water partition coefficient (Wildman–Crippen LogP) is 1.86. The van der Waals surface area contributed by atoms with E-state index >= 15 is 0 Å². The van der Waals surface area contributed by atoms with Crippen molar-refractivity contribution in [3.05, 3.63) is 53.9 Å². The number of aryl methyl sites for hydroxylation is 1. The number of carbonyl (C=O) groups excluding carboxylic acids is 1. The zero-order chi connectivity index (χ0) is 18.0. The van der Waals surface area contributed by atoms with E-state index in [-0.39, 0.29) is 16.9 Å². The molecule has 2 aromatic heterocycles. The third-order valence-electron chi connectivity index (χ3n) is 3.97. The van der Waals surface area contributed by atoms with Crippen molar-refractivity contribution >= 4 is 11.7 Å². The van der Waals surface area contributed by atoms with Crippen LogP contribution in [0.5, 0.6) is 0 Å². The van der Waals surface area contributed by atoms with E-state index in [9.17, 15) is 10.1 Å². The number of nitrogen functional groups attached to an aromatic ring is 1. The van der Waals surface area contributed by atoms with E-state index in [1.54, 1.807) is 28.0 Å². The Labute approximate surface area is 144 Å². The predicted molar refractivity (Wildman–Crippen MR) is 90.5 cm³/mol. The number of benzene rings is 1. The van der Waals surface area contributed by atoms with Gasteiger partial charge in [-0.15, -0.1) is 10.2 Å². The number of hydrogen-bond acceptors (Lipinski definition) is 6. The van der Waals surface area contributed by atoms with Crippen LogP contribution >= 0.6 is 0 Å². The van der Waals surface area contributed by atoms with Crippen molar-refractivity contribution < 1.29 is 9.53 Å². The molecule has 0 saturated carbocycles. The van der Waals surface area contributed by atoms with Gasteiger partial charge in [0.25, 0.3) is 0 Å². The lowest BCUT2D eigenvalue weighted by Crippen LogP contribution is -2.12.